The van der Waals surface area contributed by atoms with Gasteiger partial charge in [0.15, 0.2) is 0 Å². The van der Waals surface area contributed by atoms with E-state index < -0.39 is 0 Å². The zero-order valence-electron chi connectivity index (χ0n) is 11.8. The van der Waals surface area contributed by atoms with Crippen LogP contribution in [0.5, 0.6) is 0 Å². The second-order valence-electron chi connectivity index (χ2n) is 4.61. The maximum atomic E-state index is 4.42. The van der Waals surface area contributed by atoms with Crippen LogP contribution < -0.4 is 10.2 Å². The summed E-state index contributed by atoms with van der Waals surface area (Å²) in [6.07, 6.45) is 5.63. The Morgan fingerprint density at radius 3 is 2.84 bits per heavy atom. The molecule has 1 N–H and O–H groups in total. The minimum Gasteiger partial charge on any atom is -0.352 e. The first kappa shape index (κ1) is 13.5. The molecule has 2 aromatic heterocycles. The Hall–Kier alpha value is -1.88. The molecule has 0 fully saturated rings. The summed E-state index contributed by atoms with van der Waals surface area (Å²) >= 11 is 0. The van der Waals surface area contributed by atoms with Gasteiger partial charge in [0.1, 0.15) is 11.6 Å². The molecule has 0 amide bonds. The lowest BCUT2D eigenvalue weighted by Crippen LogP contribution is -2.20. The molecule has 0 aliphatic carbocycles. The molecule has 102 valence electrons. The molecular weight excluding hydrogens is 238 g/mol. The van der Waals surface area contributed by atoms with E-state index in [4.69, 9.17) is 0 Å². The van der Waals surface area contributed by atoms with E-state index in [9.17, 15) is 0 Å². The van der Waals surface area contributed by atoms with Crippen molar-refractivity contribution in [2.24, 2.45) is 7.05 Å². The molecule has 5 nitrogen and oxygen atoms in total. The lowest BCUT2D eigenvalue weighted by atomic mass is 10.2. The SMILES string of the molecule is CCNCc1ccnc(N(C)Cc2nccn2C)c1. The van der Waals surface area contributed by atoms with E-state index >= 15 is 0 Å². The number of aryl methyl sites for hydroxylation is 1. The van der Waals surface area contributed by atoms with Gasteiger partial charge in [-0.2, -0.15) is 0 Å². The summed E-state index contributed by atoms with van der Waals surface area (Å²) in [6, 6.07) is 4.16. The highest BCUT2D eigenvalue weighted by molar-refractivity contribution is 5.40. The Morgan fingerprint density at radius 1 is 1.32 bits per heavy atom. The average molecular weight is 259 g/mol. The van der Waals surface area contributed by atoms with Gasteiger partial charge in [-0.25, -0.2) is 9.97 Å². The fraction of sp³-hybridized carbons (Fsp3) is 0.429. The van der Waals surface area contributed by atoms with E-state index in [2.05, 4.69) is 33.2 Å². The van der Waals surface area contributed by atoms with Gasteiger partial charge in [-0.3, -0.25) is 0 Å². The van der Waals surface area contributed by atoms with Crippen LogP contribution >= 0.6 is 0 Å². The highest BCUT2D eigenvalue weighted by Gasteiger charge is 2.07. The summed E-state index contributed by atoms with van der Waals surface area (Å²) in [5, 5.41) is 3.32. The first-order valence-corrected chi connectivity index (χ1v) is 6.53. The van der Waals surface area contributed by atoms with Crippen LogP contribution in [-0.4, -0.2) is 28.1 Å². The third-order valence-electron chi connectivity index (χ3n) is 3.08. The summed E-state index contributed by atoms with van der Waals surface area (Å²) in [6.45, 7) is 4.71. The van der Waals surface area contributed by atoms with Crippen LogP contribution in [0, 0.1) is 0 Å². The summed E-state index contributed by atoms with van der Waals surface area (Å²) in [7, 11) is 4.04. The van der Waals surface area contributed by atoms with Crippen molar-refractivity contribution in [3.05, 3.63) is 42.1 Å². The zero-order chi connectivity index (χ0) is 13.7. The van der Waals surface area contributed by atoms with Crippen LogP contribution in [0.2, 0.25) is 0 Å². The number of hydrogen-bond donors (Lipinski definition) is 1. The van der Waals surface area contributed by atoms with Crippen molar-refractivity contribution in [2.45, 2.75) is 20.0 Å². The quantitative estimate of drug-likeness (QED) is 0.855. The van der Waals surface area contributed by atoms with Gasteiger partial charge in [-0.05, 0) is 24.2 Å². The van der Waals surface area contributed by atoms with Crippen LogP contribution in [0.1, 0.15) is 18.3 Å². The number of anilines is 1. The van der Waals surface area contributed by atoms with Crippen molar-refractivity contribution < 1.29 is 0 Å². The molecule has 2 heterocycles. The van der Waals surface area contributed by atoms with E-state index in [0.717, 1.165) is 31.3 Å². The molecular formula is C14H21N5. The van der Waals surface area contributed by atoms with Crippen LogP contribution in [0.3, 0.4) is 0 Å². The number of hydrogen-bond acceptors (Lipinski definition) is 4. The molecule has 5 heteroatoms. The number of nitrogens with one attached hydrogen (secondary N) is 1. The number of rotatable bonds is 6. The van der Waals surface area contributed by atoms with Crippen molar-refractivity contribution >= 4 is 5.82 Å². The van der Waals surface area contributed by atoms with Crippen LogP contribution in [0.15, 0.2) is 30.7 Å². The summed E-state index contributed by atoms with van der Waals surface area (Å²) in [4.78, 5) is 10.9. The van der Waals surface area contributed by atoms with Crippen LogP contribution in [0.25, 0.3) is 0 Å². The number of pyridine rings is 1. The Morgan fingerprint density at radius 2 is 2.16 bits per heavy atom. The van der Waals surface area contributed by atoms with Gasteiger partial charge in [-0.15, -0.1) is 0 Å². The van der Waals surface area contributed by atoms with Gasteiger partial charge in [-0.1, -0.05) is 6.92 Å². The van der Waals surface area contributed by atoms with Gasteiger partial charge in [0.05, 0.1) is 6.54 Å². The maximum absolute atomic E-state index is 4.42. The highest BCUT2D eigenvalue weighted by atomic mass is 15.2. The molecule has 0 unspecified atom stereocenters. The topological polar surface area (TPSA) is 46.0 Å². The van der Waals surface area contributed by atoms with E-state index in [-0.39, 0.29) is 0 Å². The van der Waals surface area contributed by atoms with Crippen molar-refractivity contribution in [3.63, 3.8) is 0 Å². The van der Waals surface area contributed by atoms with Gasteiger partial charge in [0.2, 0.25) is 0 Å². The number of aromatic nitrogens is 3. The van der Waals surface area contributed by atoms with Gasteiger partial charge in [0.25, 0.3) is 0 Å². The molecule has 0 atom stereocenters. The normalized spacial score (nSPS) is 10.7. The predicted molar refractivity (Wildman–Crippen MR) is 76.9 cm³/mol. The molecule has 0 saturated carbocycles. The lowest BCUT2D eigenvalue weighted by molar-refractivity contribution is 0.722. The second kappa shape index (κ2) is 6.33. The summed E-state index contributed by atoms with van der Waals surface area (Å²) in [5.74, 6) is 2.00. The minimum atomic E-state index is 0.751. The smallest absolute Gasteiger partial charge is 0.128 e. The van der Waals surface area contributed by atoms with E-state index in [1.165, 1.54) is 5.56 Å². The first-order chi connectivity index (χ1) is 9.20. The van der Waals surface area contributed by atoms with Gasteiger partial charge in [0, 0.05) is 39.2 Å². The molecule has 0 aromatic carbocycles. The molecule has 0 saturated heterocycles. The van der Waals surface area contributed by atoms with Crippen molar-refractivity contribution in [1.82, 2.24) is 19.9 Å². The van der Waals surface area contributed by atoms with Crippen LogP contribution in [0.4, 0.5) is 5.82 Å². The Balaban J connectivity index is 2.06. The Labute approximate surface area is 114 Å². The number of nitrogens with zero attached hydrogens (tertiary/aromatic N) is 4. The molecule has 0 radical (unpaired) electrons. The molecule has 0 spiro atoms. The van der Waals surface area contributed by atoms with Crippen molar-refractivity contribution in [3.8, 4) is 0 Å². The predicted octanol–water partition coefficient (Wildman–Crippen LogP) is 1.56. The highest BCUT2D eigenvalue weighted by Crippen LogP contribution is 2.13. The van der Waals surface area contributed by atoms with Crippen molar-refractivity contribution in [1.29, 1.82) is 0 Å². The Kier molecular flexibility index (Phi) is 4.52. The summed E-state index contributed by atoms with van der Waals surface area (Å²) in [5.41, 5.74) is 1.25. The fourth-order valence-corrected chi connectivity index (χ4v) is 1.89. The average Bonchev–Trinajstić information content (AvgIpc) is 2.82. The van der Waals surface area contributed by atoms with E-state index in [1.54, 1.807) is 0 Å². The zero-order valence-corrected chi connectivity index (χ0v) is 11.8. The van der Waals surface area contributed by atoms with E-state index in [1.807, 2.05) is 43.3 Å². The maximum Gasteiger partial charge on any atom is 0.128 e. The minimum absolute atomic E-state index is 0.751. The van der Waals surface area contributed by atoms with Gasteiger partial charge < -0.3 is 14.8 Å². The molecule has 2 rings (SSSR count). The third-order valence-corrected chi connectivity index (χ3v) is 3.08. The van der Waals surface area contributed by atoms with Crippen molar-refractivity contribution in [2.75, 3.05) is 18.5 Å². The first-order valence-electron chi connectivity index (χ1n) is 6.53. The van der Waals surface area contributed by atoms with Gasteiger partial charge >= 0.3 is 0 Å². The lowest BCUT2D eigenvalue weighted by Gasteiger charge is -2.18. The number of imidazole rings is 1. The molecule has 0 bridgehead atoms. The molecule has 2 aromatic rings. The second-order valence-corrected chi connectivity index (χ2v) is 4.61. The third kappa shape index (κ3) is 3.54. The summed E-state index contributed by atoms with van der Waals surface area (Å²) < 4.78 is 2.03. The monoisotopic (exact) mass is 259 g/mol. The fourth-order valence-electron chi connectivity index (χ4n) is 1.89. The van der Waals surface area contributed by atoms with Crippen LogP contribution in [-0.2, 0) is 20.1 Å². The Bertz CT molecular complexity index is 520. The largest absolute Gasteiger partial charge is 0.352 e. The molecule has 19 heavy (non-hydrogen) atoms. The standard InChI is InChI=1S/C14H21N5/c1-4-15-10-12-5-6-16-13(9-12)19(3)11-14-17-7-8-18(14)2/h5-9,15H,4,10-11H2,1-3H3. The molecule has 0 aliphatic rings. The van der Waals surface area contributed by atoms with E-state index in [0.29, 0.717) is 0 Å². The molecule has 0 aliphatic heterocycles.